The maximum atomic E-state index is 13.1. The summed E-state index contributed by atoms with van der Waals surface area (Å²) in [5.74, 6) is 0.956. The maximum Gasteiger partial charge on any atom is 0.243 e. The quantitative estimate of drug-likeness (QED) is 0.731. The summed E-state index contributed by atoms with van der Waals surface area (Å²) in [4.78, 5) is 19.1. The maximum absolute atomic E-state index is 13.1. The fraction of sp³-hybridized carbons (Fsp3) is 0.889. The third-order valence-electron chi connectivity index (χ3n) is 6.71. The lowest BCUT2D eigenvalue weighted by Gasteiger charge is -2.46. The van der Waals surface area contributed by atoms with Crippen LogP contribution in [0.4, 0.5) is 0 Å². The lowest BCUT2D eigenvalue weighted by molar-refractivity contribution is -0.148. The van der Waals surface area contributed by atoms with Crippen molar-refractivity contribution in [3.63, 3.8) is 0 Å². The average molecular weight is 346 g/mol. The number of hydrazine groups is 1. The van der Waals surface area contributed by atoms with Crippen LogP contribution in [0.2, 0.25) is 0 Å². The van der Waals surface area contributed by atoms with Crippen LogP contribution in [-0.4, -0.2) is 83.6 Å². The Bertz CT molecular complexity index is 542. The number of nitrogens with one attached hydrogen (secondary N) is 1. The molecule has 7 nitrogen and oxygen atoms in total. The van der Waals surface area contributed by atoms with Crippen LogP contribution in [0.3, 0.4) is 0 Å². The number of fused-ring (bicyclic) bond motifs is 1. The Morgan fingerprint density at radius 2 is 1.88 bits per heavy atom. The highest BCUT2D eigenvalue weighted by molar-refractivity contribution is 5.83. The van der Waals surface area contributed by atoms with Crippen LogP contribution in [0.15, 0.2) is 0 Å². The predicted molar refractivity (Wildman–Crippen MR) is 93.9 cm³/mol. The third-order valence-corrected chi connectivity index (χ3v) is 6.71. The Morgan fingerprint density at radius 1 is 1.12 bits per heavy atom. The van der Waals surface area contributed by atoms with Crippen molar-refractivity contribution in [2.75, 3.05) is 39.8 Å². The zero-order chi connectivity index (χ0) is 17.4. The first-order chi connectivity index (χ1) is 12.2. The second-order valence-corrected chi connectivity index (χ2v) is 8.09. The van der Waals surface area contributed by atoms with E-state index in [0.717, 1.165) is 38.5 Å². The molecule has 0 aromatic rings. The minimum absolute atomic E-state index is 0.115. The molecule has 2 unspecified atom stereocenters. The molecule has 138 valence electrons. The van der Waals surface area contributed by atoms with Crippen molar-refractivity contribution < 1.29 is 4.79 Å². The first-order valence-corrected chi connectivity index (χ1v) is 9.85. The lowest BCUT2D eigenvalue weighted by Crippen LogP contribution is -2.66. The molecule has 0 radical (unpaired) electrons. The predicted octanol–water partition coefficient (Wildman–Crippen LogP) is 0.411. The summed E-state index contributed by atoms with van der Waals surface area (Å²) >= 11 is 0. The van der Waals surface area contributed by atoms with Crippen LogP contribution in [0.5, 0.6) is 0 Å². The average Bonchev–Trinajstić information content (AvgIpc) is 3.04. The molecule has 4 aliphatic rings. The summed E-state index contributed by atoms with van der Waals surface area (Å²) < 4.78 is 0. The zero-order valence-corrected chi connectivity index (χ0v) is 15.2. The van der Waals surface area contributed by atoms with E-state index in [2.05, 4.69) is 28.6 Å². The Balaban J connectivity index is 1.42. The standard InChI is InChI=1S/C18H30N6O/c1-21-15(14-5-3-2-4-6-14)11-17(20-21)24-10-9-23-8-7-22(13-19)12-16(23)18(24)25/h14-17,20H,2-12H2,1H3/t15?,16-,17?/m1/s1. The summed E-state index contributed by atoms with van der Waals surface area (Å²) in [7, 11) is 2.14. The third kappa shape index (κ3) is 3.23. The van der Waals surface area contributed by atoms with Gasteiger partial charge < -0.3 is 9.80 Å². The van der Waals surface area contributed by atoms with E-state index in [1.54, 1.807) is 4.90 Å². The first-order valence-electron chi connectivity index (χ1n) is 9.85. The highest BCUT2D eigenvalue weighted by Gasteiger charge is 2.44. The number of piperazine rings is 2. The first kappa shape index (κ1) is 17.1. The Labute approximate surface area is 150 Å². The highest BCUT2D eigenvalue weighted by atomic mass is 16.2. The molecule has 3 atom stereocenters. The molecular formula is C18H30N6O. The van der Waals surface area contributed by atoms with Crippen molar-refractivity contribution in [2.45, 2.75) is 56.8 Å². The van der Waals surface area contributed by atoms with Crippen molar-refractivity contribution >= 4 is 5.91 Å². The van der Waals surface area contributed by atoms with Gasteiger partial charge in [0.1, 0.15) is 6.04 Å². The Kier molecular flexibility index (Phi) is 4.85. The molecule has 4 fully saturated rings. The van der Waals surface area contributed by atoms with Crippen LogP contribution in [0.25, 0.3) is 0 Å². The molecule has 7 heteroatoms. The van der Waals surface area contributed by atoms with Gasteiger partial charge in [-0.1, -0.05) is 19.3 Å². The van der Waals surface area contributed by atoms with Gasteiger partial charge in [-0.15, -0.1) is 0 Å². The van der Waals surface area contributed by atoms with Gasteiger partial charge in [0, 0.05) is 39.3 Å². The minimum Gasteiger partial charge on any atom is -0.323 e. The van der Waals surface area contributed by atoms with E-state index < -0.39 is 0 Å². The number of nitrogens with zero attached hydrogens (tertiary/aromatic N) is 5. The molecule has 1 aliphatic carbocycles. The van der Waals surface area contributed by atoms with E-state index in [9.17, 15) is 10.1 Å². The smallest absolute Gasteiger partial charge is 0.243 e. The van der Waals surface area contributed by atoms with Gasteiger partial charge in [-0.05, 0) is 25.2 Å². The van der Waals surface area contributed by atoms with Gasteiger partial charge >= 0.3 is 0 Å². The van der Waals surface area contributed by atoms with E-state index in [1.165, 1.54) is 32.1 Å². The van der Waals surface area contributed by atoms with Crippen molar-refractivity contribution in [3.05, 3.63) is 0 Å². The molecule has 4 rings (SSSR count). The van der Waals surface area contributed by atoms with Crippen molar-refractivity contribution in [3.8, 4) is 6.19 Å². The minimum atomic E-state index is -0.150. The summed E-state index contributed by atoms with van der Waals surface area (Å²) in [6, 6.07) is 0.390. The molecule has 1 N–H and O–H groups in total. The van der Waals surface area contributed by atoms with Gasteiger partial charge in [0.25, 0.3) is 0 Å². The molecule has 0 bridgehead atoms. The van der Waals surface area contributed by atoms with Gasteiger partial charge in [-0.2, -0.15) is 5.26 Å². The number of hydrogen-bond donors (Lipinski definition) is 1. The number of rotatable bonds is 2. The van der Waals surface area contributed by atoms with Crippen molar-refractivity contribution in [1.29, 1.82) is 5.26 Å². The number of amides is 1. The normalized spacial score (nSPS) is 35.7. The number of carbonyl (C=O) groups excluding carboxylic acids is 1. The molecule has 25 heavy (non-hydrogen) atoms. The van der Waals surface area contributed by atoms with E-state index in [-0.39, 0.29) is 18.1 Å². The summed E-state index contributed by atoms with van der Waals surface area (Å²) in [6.45, 7) is 3.83. The molecule has 3 saturated heterocycles. The van der Waals surface area contributed by atoms with Gasteiger partial charge in [0.05, 0.1) is 12.7 Å². The Morgan fingerprint density at radius 3 is 2.64 bits per heavy atom. The van der Waals surface area contributed by atoms with E-state index >= 15 is 0 Å². The molecule has 3 heterocycles. The molecule has 0 aromatic heterocycles. The summed E-state index contributed by atoms with van der Waals surface area (Å²) in [5.41, 5.74) is 3.56. The topological polar surface area (TPSA) is 65.8 Å². The zero-order valence-electron chi connectivity index (χ0n) is 15.2. The van der Waals surface area contributed by atoms with E-state index in [1.807, 2.05) is 4.90 Å². The molecule has 1 amide bonds. The fourth-order valence-corrected chi connectivity index (χ4v) is 5.26. The van der Waals surface area contributed by atoms with Crippen LogP contribution in [0.1, 0.15) is 38.5 Å². The van der Waals surface area contributed by atoms with Crippen LogP contribution in [0, 0.1) is 17.4 Å². The second-order valence-electron chi connectivity index (χ2n) is 8.09. The molecular weight excluding hydrogens is 316 g/mol. The van der Waals surface area contributed by atoms with Gasteiger partial charge in [0.15, 0.2) is 6.19 Å². The summed E-state index contributed by atoms with van der Waals surface area (Å²) in [5, 5.41) is 11.4. The number of nitriles is 1. The molecule has 0 aromatic carbocycles. The molecule has 3 aliphatic heterocycles. The van der Waals surface area contributed by atoms with Crippen LogP contribution < -0.4 is 5.43 Å². The largest absolute Gasteiger partial charge is 0.323 e. The van der Waals surface area contributed by atoms with Crippen LogP contribution >= 0.6 is 0 Å². The van der Waals surface area contributed by atoms with Crippen LogP contribution in [-0.2, 0) is 4.79 Å². The second kappa shape index (κ2) is 7.10. The monoisotopic (exact) mass is 346 g/mol. The van der Waals surface area contributed by atoms with Gasteiger partial charge in [-0.3, -0.25) is 9.69 Å². The molecule has 0 spiro atoms. The fourth-order valence-electron chi connectivity index (χ4n) is 5.26. The van der Waals surface area contributed by atoms with Crippen molar-refractivity contribution in [2.24, 2.45) is 5.92 Å². The lowest BCUT2D eigenvalue weighted by atomic mass is 9.82. The van der Waals surface area contributed by atoms with E-state index in [0.29, 0.717) is 12.6 Å². The van der Waals surface area contributed by atoms with Gasteiger partial charge in [0.2, 0.25) is 5.91 Å². The highest BCUT2D eigenvalue weighted by Crippen LogP contribution is 2.34. The van der Waals surface area contributed by atoms with Crippen molar-refractivity contribution in [1.82, 2.24) is 25.1 Å². The number of hydrogen-bond acceptors (Lipinski definition) is 6. The van der Waals surface area contributed by atoms with E-state index in [4.69, 9.17) is 0 Å². The summed E-state index contributed by atoms with van der Waals surface area (Å²) in [6.07, 6.45) is 10.1. The van der Waals surface area contributed by atoms with Gasteiger partial charge in [-0.25, -0.2) is 10.4 Å². The molecule has 1 saturated carbocycles. The Hall–Kier alpha value is -1.36. The SMILES string of the molecule is CN1NC(N2CCN3CCN(C#N)C[C@@H]3C2=O)CC1C1CCCCC1. The number of carbonyl (C=O) groups is 1.